The van der Waals surface area contributed by atoms with Crippen molar-refractivity contribution in [1.82, 2.24) is 9.80 Å². The molecule has 1 N–H and O–H groups in total. The number of carboxylic acid groups (broad SMARTS) is 1. The van der Waals surface area contributed by atoms with Crippen LogP contribution in [-0.4, -0.2) is 58.4 Å². The molecule has 1 aliphatic rings. The smallest absolute Gasteiger partial charge is 0.323 e. The Hall–Kier alpha value is -2.51. The highest BCUT2D eigenvalue weighted by Crippen LogP contribution is 2.23. The second-order valence-electron chi connectivity index (χ2n) is 6.64. The van der Waals surface area contributed by atoms with Gasteiger partial charge in [-0.3, -0.25) is 14.4 Å². The van der Waals surface area contributed by atoms with Crippen LogP contribution in [0, 0.1) is 17.6 Å². The van der Waals surface area contributed by atoms with Crippen molar-refractivity contribution in [2.24, 2.45) is 5.92 Å². The quantitative estimate of drug-likeness (QED) is 0.864. The van der Waals surface area contributed by atoms with Gasteiger partial charge in [-0.25, -0.2) is 8.78 Å². The zero-order chi connectivity index (χ0) is 19.4. The molecule has 26 heavy (non-hydrogen) atoms. The van der Waals surface area contributed by atoms with Crippen LogP contribution in [0.15, 0.2) is 18.2 Å². The highest BCUT2D eigenvalue weighted by Gasteiger charge is 2.32. The fourth-order valence-electron chi connectivity index (χ4n) is 3.06. The van der Waals surface area contributed by atoms with E-state index in [1.165, 1.54) is 9.80 Å². The summed E-state index contributed by atoms with van der Waals surface area (Å²) in [7, 11) is 0. The van der Waals surface area contributed by atoms with E-state index in [1.807, 2.05) is 0 Å². The molecule has 1 heterocycles. The van der Waals surface area contributed by atoms with Crippen LogP contribution in [0.5, 0.6) is 0 Å². The van der Waals surface area contributed by atoms with Gasteiger partial charge in [0.1, 0.15) is 18.2 Å². The minimum absolute atomic E-state index is 0.203. The Morgan fingerprint density at radius 1 is 1.23 bits per heavy atom. The summed E-state index contributed by atoms with van der Waals surface area (Å²) < 4.78 is 26.7. The number of likely N-dealkylation sites (tertiary alicyclic amines) is 1. The van der Waals surface area contributed by atoms with Gasteiger partial charge in [0.25, 0.3) is 5.91 Å². The van der Waals surface area contributed by atoms with Crippen molar-refractivity contribution in [3.8, 4) is 0 Å². The Bertz CT molecular complexity index is 700. The molecule has 0 radical (unpaired) electrons. The maximum absolute atomic E-state index is 13.8. The molecule has 2 amide bonds. The first kappa shape index (κ1) is 19.8. The molecule has 0 aliphatic carbocycles. The Kier molecular flexibility index (Phi) is 6.28. The van der Waals surface area contributed by atoms with E-state index in [0.29, 0.717) is 18.9 Å². The van der Waals surface area contributed by atoms with Gasteiger partial charge in [-0.1, -0.05) is 0 Å². The van der Waals surface area contributed by atoms with Crippen LogP contribution in [0.2, 0.25) is 0 Å². The van der Waals surface area contributed by atoms with Crippen LogP contribution >= 0.6 is 0 Å². The fraction of sp³-hybridized carbons (Fsp3) is 0.500. The molecular weight excluding hydrogens is 346 g/mol. The number of hydrogen-bond donors (Lipinski definition) is 1. The molecule has 8 heteroatoms. The molecular formula is C18H22F2N2O4. The summed E-state index contributed by atoms with van der Waals surface area (Å²) >= 11 is 0. The molecule has 0 spiro atoms. The van der Waals surface area contributed by atoms with Crippen LogP contribution in [-0.2, 0) is 9.59 Å². The number of halogens is 2. The summed E-state index contributed by atoms with van der Waals surface area (Å²) in [5.41, 5.74) is -0.203. The molecule has 2 rings (SSSR count). The molecule has 0 bridgehead atoms. The maximum atomic E-state index is 13.8. The zero-order valence-corrected chi connectivity index (χ0v) is 14.7. The van der Waals surface area contributed by atoms with Crippen LogP contribution in [0.4, 0.5) is 8.78 Å². The number of benzene rings is 1. The summed E-state index contributed by atoms with van der Waals surface area (Å²) in [6.07, 6.45) is 0.743. The molecule has 0 saturated carbocycles. The standard InChI is InChI=1S/C18H22F2N2O4/c1-11(2)22(10-16(23)24)17(25)12-5-7-21(8-6-12)18(26)14-4-3-13(19)9-15(14)20/h3-4,9,11-12H,5-8,10H2,1-2H3,(H,23,24). The first-order valence-electron chi connectivity index (χ1n) is 8.47. The molecule has 0 aromatic heterocycles. The molecule has 0 unspecified atom stereocenters. The summed E-state index contributed by atoms with van der Waals surface area (Å²) in [5, 5.41) is 8.96. The third kappa shape index (κ3) is 4.56. The minimum atomic E-state index is -1.08. The van der Waals surface area contributed by atoms with Gasteiger partial charge >= 0.3 is 5.97 Å². The van der Waals surface area contributed by atoms with E-state index >= 15 is 0 Å². The van der Waals surface area contributed by atoms with Crippen LogP contribution in [0.3, 0.4) is 0 Å². The van der Waals surface area contributed by atoms with Gasteiger partial charge in [0.2, 0.25) is 5.91 Å². The van der Waals surface area contributed by atoms with E-state index in [-0.39, 0.29) is 43.1 Å². The van der Waals surface area contributed by atoms with Gasteiger partial charge in [-0.2, -0.15) is 0 Å². The third-order valence-corrected chi connectivity index (χ3v) is 4.50. The molecule has 1 saturated heterocycles. The summed E-state index contributed by atoms with van der Waals surface area (Å²) in [6.45, 7) is 3.64. The van der Waals surface area contributed by atoms with E-state index in [9.17, 15) is 23.2 Å². The first-order valence-corrected chi connectivity index (χ1v) is 8.47. The summed E-state index contributed by atoms with van der Waals surface area (Å²) in [5.74, 6) is -3.91. The Morgan fingerprint density at radius 2 is 1.85 bits per heavy atom. The SMILES string of the molecule is CC(C)N(CC(=O)O)C(=O)C1CCN(C(=O)c2ccc(F)cc2F)CC1. The number of carboxylic acids is 1. The van der Waals surface area contributed by atoms with Crippen molar-refractivity contribution in [1.29, 1.82) is 0 Å². The van der Waals surface area contributed by atoms with Crippen molar-refractivity contribution in [2.75, 3.05) is 19.6 Å². The normalized spacial score (nSPS) is 15.2. The average Bonchev–Trinajstić information content (AvgIpc) is 2.58. The number of rotatable bonds is 5. The van der Waals surface area contributed by atoms with E-state index in [1.54, 1.807) is 13.8 Å². The van der Waals surface area contributed by atoms with E-state index in [4.69, 9.17) is 5.11 Å². The number of carbonyl (C=O) groups is 3. The predicted octanol–water partition coefficient (Wildman–Crippen LogP) is 2.14. The van der Waals surface area contributed by atoms with E-state index in [2.05, 4.69) is 0 Å². The van der Waals surface area contributed by atoms with Gasteiger partial charge in [0.05, 0.1) is 5.56 Å². The van der Waals surface area contributed by atoms with Gasteiger partial charge in [-0.15, -0.1) is 0 Å². The van der Waals surface area contributed by atoms with Crippen molar-refractivity contribution >= 4 is 17.8 Å². The number of hydrogen-bond acceptors (Lipinski definition) is 3. The van der Waals surface area contributed by atoms with Gasteiger partial charge in [0.15, 0.2) is 0 Å². The predicted molar refractivity (Wildman–Crippen MR) is 89.5 cm³/mol. The molecule has 6 nitrogen and oxygen atoms in total. The Morgan fingerprint density at radius 3 is 2.35 bits per heavy atom. The Labute approximate surface area is 150 Å². The Balaban J connectivity index is 2.00. The summed E-state index contributed by atoms with van der Waals surface area (Å²) in [4.78, 5) is 38.6. The van der Waals surface area contributed by atoms with Crippen molar-refractivity contribution < 1.29 is 28.3 Å². The molecule has 1 aliphatic heterocycles. The topological polar surface area (TPSA) is 77.9 Å². The molecule has 1 fully saturated rings. The highest BCUT2D eigenvalue weighted by molar-refractivity contribution is 5.94. The van der Waals surface area contributed by atoms with Crippen molar-refractivity contribution in [3.05, 3.63) is 35.4 Å². The maximum Gasteiger partial charge on any atom is 0.323 e. The van der Waals surface area contributed by atoms with Crippen molar-refractivity contribution in [2.45, 2.75) is 32.7 Å². The van der Waals surface area contributed by atoms with Gasteiger partial charge in [0, 0.05) is 31.1 Å². The zero-order valence-electron chi connectivity index (χ0n) is 14.7. The number of amides is 2. The average molecular weight is 368 g/mol. The second-order valence-corrected chi connectivity index (χ2v) is 6.64. The lowest BCUT2D eigenvalue weighted by Gasteiger charge is -2.35. The highest BCUT2D eigenvalue weighted by atomic mass is 19.1. The second kappa shape index (κ2) is 8.25. The molecule has 1 aromatic rings. The number of nitrogens with zero attached hydrogens (tertiary/aromatic N) is 2. The molecule has 1 aromatic carbocycles. The third-order valence-electron chi connectivity index (χ3n) is 4.50. The fourth-order valence-corrected chi connectivity index (χ4v) is 3.06. The number of aliphatic carboxylic acids is 1. The first-order chi connectivity index (χ1) is 12.2. The van der Waals surface area contributed by atoms with Crippen LogP contribution < -0.4 is 0 Å². The molecule has 142 valence electrons. The lowest BCUT2D eigenvalue weighted by molar-refractivity contribution is -0.148. The largest absolute Gasteiger partial charge is 0.480 e. The van der Waals surface area contributed by atoms with Crippen LogP contribution in [0.25, 0.3) is 0 Å². The van der Waals surface area contributed by atoms with Gasteiger partial charge < -0.3 is 14.9 Å². The van der Waals surface area contributed by atoms with Gasteiger partial charge in [-0.05, 0) is 38.8 Å². The lowest BCUT2D eigenvalue weighted by Crippen LogP contribution is -2.48. The van der Waals surface area contributed by atoms with Crippen molar-refractivity contribution in [3.63, 3.8) is 0 Å². The van der Waals surface area contributed by atoms with E-state index in [0.717, 1.165) is 12.1 Å². The monoisotopic (exact) mass is 368 g/mol. The molecule has 0 atom stereocenters. The minimum Gasteiger partial charge on any atom is -0.480 e. The number of carbonyl (C=O) groups excluding carboxylic acids is 2. The lowest BCUT2D eigenvalue weighted by atomic mass is 9.94. The van der Waals surface area contributed by atoms with E-state index < -0.39 is 23.5 Å². The van der Waals surface area contributed by atoms with Crippen LogP contribution in [0.1, 0.15) is 37.0 Å². The summed E-state index contributed by atoms with van der Waals surface area (Å²) in [6, 6.07) is 2.55. The number of piperidine rings is 1.